The van der Waals surface area contributed by atoms with Crippen LogP contribution in [-0.2, 0) is 14.0 Å². The SMILES string of the molecule is Cc1ccc(F)c(C2CC(=O)N2S(=O)(=O)Cl)c1. The molecule has 2 rings (SSSR count). The molecule has 0 N–H and O–H groups in total. The lowest BCUT2D eigenvalue weighted by Crippen LogP contribution is -2.48. The summed E-state index contributed by atoms with van der Waals surface area (Å²) in [6.07, 6.45) is -0.0493. The molecule has 17 heavy (non-hydrogen) atoms. The summed E-state index contributed by atoms with van der Waals surface area (Å²) in [5.74, 6) is -1.16. The van der Waals surface area contributed by atoms with Gasteiger partial charge >= 0.3 is 9.24 Å². The smallest absolute Gasteiger partial charge is 0.274 e. The first kappa shape index (κ1) is 12.3. The predicted molar refractivity (Wildman–Crippen MR) is 60.1 cm³/mol. The number of benzene rings is 1. The summed E-state index contributed by atoms with van der Waals surface area (Å²) in [5.41, 5.74) is 0.960. The minimum atomic E-state index is -4.15. The Bertz CT molecular complexity index is 587. The maximum atomic E-state index is 13.6. The number of halogens is 2. The summed E-state index contributed by atoms with van der Waals surface area (Å²) in [6.45, 7) is 1.75. The van der Waals surface area contributed by atoms with Crippen LogP contribution in [0.25, 0.3) is 0 Å². The van der Waals surface area contributed by atoms with Crippen molar-refractivity contribution < 1.29 is 17.6 Å². The van der Waals surface area contributed by atoms with Crippen LogP contribution in [0.1, 0.15) is 23.6 Å². The first-order valence-electron chi connectivity index (χ1n) is 4.83. The van der Waals surface area contributed by atoms with Crippen molar-refractivity contribution in [3.63, 3.8) is 0 Å². The Morgan fingerprint density at radius 3 is 2.65 bits per heavy atom. The van der Waals surface area contributed by atoms with Crippen LogP contribution in [0.2, 0.25) is 0 Å². The van der Waals surface area contributed by atoms with E-state index in [1.165, 1.54) is 12.1 Å². The van der Waals surface area contributed by atoms with Gasteiger partial charge < -0.3 is 0 Å². The standard InChI is InChI=1S/C10H9ClFNO3S/c1-6-2-3-8(12)7(4-6)9-5-10(14)13(9)17(11,15)16/h2-4,9H,5H2,1H3. The molecule has 0 radical (unpaired) electrons. The maximum Gasteiger partial charge on any atom is 0.324 e. The van der Waals surface area contributed by atoms with Crippen LogP contribution in [0.15, 0.2) is 18.2 Å². The van der Waals surface area contributed by atoms with Crippen LogP contribution < -0.4 is 0 Å². The van der Waals surface area contributed by atoms with Crippen molar-refractivity contribution >= 4 is 25.8 Å². The van der Waals surface area contributed by atoms with Gasteiger partial charge in [-0.05, 0) is 13.0 Å². The topological polar surface area (TPSA) is 54.5 Å². The van der Waals surface area contributed by atoms with Crippen molar-refractivity contribution in [3.8, 4) is 0 Å². The molecule has 1 unspecified atom stereocenters. The van der Waals surface area contributed by atoms with E-state index in [0.717, 1.165) is 5.56 Å². The van der Waals surface area contributed by atoms with Gasteiger partial charge in [0.1, 0.15) is 5.82 Å². The number of carbonyl (C=O) groups is 1. The Kier molecular flexibility index (Phi) is 2.87. The second-order valence-electron chi connectivity index (χ2n) is 3.88. The largest absolute Gasteiger partial charge is 0.324 e. The molecule has 7 heteroatoms. The van der Waals surface area contributed by atoms with E-state index in [1.807, 2.05) is 0 Å². The van der Waals surface area contributed by atoms with Gasteiger partial charge in [0.2, 0.25) is 5.91 Å². The summed E-state index contributed by atoms with van der Waals surface area (Å²) >= 11 is 0. The predicted octanol–water partition coefficient (Wildman–Crippen LogP) is 1.89. The quantitative estimate of drug-likeness (QED) is 0.613. The Balaban J connectivity index is 2.42. The Labute approximate surface area is 103 Å². The first-order valence-corrected chi connectivity index (χ1v) is 7.10. The summed E-state index contributed by atoms with van der Waals surface area (Å²) in [7, 11) is 0.969. The van der Waals surface area contributed by atoms with Gasteiger partial charge in [0, 0.05) is 16.2 Å². The second-order valence-corrected chi connectivity index (χ2v) is 6.26. The average molecular weight is 278 g/mol. The van der Waals surface area contributed by atoms with Crippen LogP contribution in [0.4, 0.5) is 4.39 Å². The van der Waals surface area contributed by atoms with Gasteiger partial charge in [0.05, 0.1) is 12.5 Å². The fraction of sp³-hybridized carbons (Fsp3) is 0.300. The van der Waals surface area contributed by atoms with Crippen molar-refractivity contribution in [1.82, 2.24) is 4.31 Å². The minimum absolute atomic E-state index is 0.0493. The number of rotatable bonds is 2. The molecule has 1 saturated heterocycles. The van der Waals surface area contributed by atoms with E-state index in [0.29, 0.717) is 4.31 Å². The van der Waals surface area contributed by atoms with Crippen LogP contribution in [0.5, 0.6) is 0 Å². The van der Waals surface area contributed by atoms with E-state index >= 15 is 0 Å². The third kappa shape index (κ3) is 2.14. The van der Waals surface area contributed by atoms with E-state index in [4.69, 9.17) is 10.7 Å². The molecule has 1 aromatic rings. The van der Waals surface area contributed by atoms with Gasteiger partial charge in [-0.25, -0.2) is 8.70 Å². The molecule has 1 amide bonds. The van der Waals surface area contributed by atoms with Crippen LogP contribution in [-0.4, -0.2) is 18.6 Å². The van der Waals surface area contributed by atoms with Crippen LogP contribution >= 0.6 is 10.7 Å². The third-order valence-corrected chi connectivity index (χ3v) is 4.02. The molecule has 1 heterocycles. The lowest BCUT2D eigenvalue weighted by Gasteiger charge is -2.37. The summed E-state index contributed by atoms with van der Waals surface area (Å²) < 4.78 is 36.4. The third-order valence-electron chi connectivity index (χ3n) is 2.64. The van der Waals surface area contributed by atoms with Gasteiger partial charge in [-0.3, -0.25) is 4.79 Å². The number of carbonyl (C=O) groups excluding carboxylic acids is 1. The maximum absolute atomic E-state index is 13.6. The molecule has 0 aromatic heterocycles. The molecule has 0 bridgehead atoms. The highest BCUT2D eigenvalue weighted by Crippen LogP contribution is 2.39. The monoisotopic (exact) mass is 277 g/mol. The highest BCUT2D eigenvalue weighted by atomic mass is 35.7. The molecule has 1 aliphatic heterocycles. The zero-order valence-corrected chi connectivity index (χ0v) is 10.4. The van der Waals surface area contributed by atoms with Gasteiger partial charge in [-0.15, -0.1) is 0 Å². The van der Waals surface area contributed by atoms with Crippen LogP contribution in [0, 0.1) is 12.7 Å². The van der Waals surface area contributed by atoms with Crippen molar-refractivity contribution in [3.05, 3.63) is 35.1 Å². The van der Waals surface area contributed by atoms with Crippen molar-refractivity contribution in [2.75, 3.05) is 0 Å². The highest BCUT2D eigenvalue weighted by Gasteiger charge is 2.45. The summed E-state index contributed by atoms with van der Waals surface area (Å²) in [6, 6.07) is 3.50. The van der Waals surface area contributed by atoms with E-state index in [9.17, 15) is 17.6 Å². The molecule has 1 atom stereocenters. The van der Waals surface area contributed by atoms with Gasteiger partial charge in [0.25, 0.3) is 0 Å². The molecule has 1 fully saturated rings. The molecular weight excluding hydrogens is 269 g/mol. The highest BCUT2D eigenvalue weighted by molar-refractivity contribution is 8.12. The van der Waals surface area contributed by atoms with Gasteiger partial charge in [0.15, 0.2) is 0 Å². The number of hydrogen-bond donors (Lipinski definition) is 0. The number of hydrogen-bond acceptors (Lipinski definition) is 3. The molecule has 1 aromatic carbocycles. The molecule has 0 aliphatic carbocycles. The van der Waals surface area contributed by atoms with E-state index in [1.54, 1.807) is 13.0 Å². The second kappa shape index (κ2) is 3.96. The zero-order chi connectivity index (χ0) is 12.8. The Hall–Kier alpha value is -1.14. The number of nitrogens with zero attached hydrogens (tertiary/aromatic N) is 1. The fourth-order valence-electron chi connectivity index (χ4n) is 1.83. The molecule has 0 spiro atoms. The van der Waals surface area contributed by atoms with Crippen molar-refractivity contribution in [2.45, 2.75) is 19.4 Å². The zero-order valence-electron chi connectivity index (χ0n) is 8.85. The molecule has 4 nitrogen and oxygen atoms in total. The van der Waals surface area contributed by atoms with Crippen molar-refractivity contribution in [1.29, 1.82) is 0 Å². The molecular formula is C10H9ClFNO3S. The lowest BCUT2D eigenvalue weighted by atomic mass is 9.95. The number of aryl methyl sites for hydroxylation is 1. The Morgan fingerprint density at radius 1 is 1.47 bits per heavy atom. The summed E-state index contributed by atoms with van der Waals surface area (Å²) in [5, 5.41) is 0. The lowest BCUT2D eigenvalue weighted by molar-refractivity contribution is -0.137. The average Bonchev–Trinajstić information content (AvgIpc) is 2.15. The van der Waals surface area contributed by atoms with E-state index in [2.05, 4.69) is 0 Å². The van der Waals surface area contributed by atoms with E-state index in [-0.39, 0.29) is 12.0 Å². The first-order chi connectivity index (χ1) is 7.80. The summed E-state index contributed by atoms with van der Waals surface area (Å²) in [4.78, 5) is 11.2. The molecule has 0 saturated carbocycles. The molecule has 92 valence electrons. The van der Waals surface area contributed by atoms with E-state index < -0.39 is 27.0 Å². The van der Waals surface area contributed by atoms with Gasteiger partial charge in [-0.1, -0.05) is 17.7 Å². The number of amides is 1. The Morgan fingerprint density at radius 2 is 2.12 bits per heavy atom. The minimum Gasteiger partial charge on any atom is -0.274 e. The van der Waals surface area contributed by atoms with Crippen LogP contribution in [0.3, 0.4) is 0 Å². The fourth-order valence-corrected chi connectivity index (χ4v) is 3.16. The normalized spacial score (nSPS) is 20.3. The van der Waals surface area contributed by atoms with Crippen molar-refractivity contribution in [2.24, 2.45) is 0 Å². The number of β-lactam (4-membered cyclic amide) rings is 1. The van der Waals surface area contributed by atoms with Gasteiger partial charge in [-0.2, -0.15) is 8.42 Å². The molecule has 1 aliphatic rings.